The van der Waals surface area contributed by atoms with Gasteiger partial charge in [0.1, 0.15) is 5.75 Å². The maximum absolute atomic E-state index is 12.3. The van der Waals surface area contributed by atoms with Crippen molar-refractivity contribution < 1.29 is 9.53 Å². The second kappa shape index (κ2) is 5.15. The van der Waals surface area contributed by atoms with E-state index in [9.17, 15) is 4.79 Å². The highest BCUT2D eigenvalue weighted by Crippen LogP contribution is 2.23. The van der Waals surface area contributed by atoms with Gasteiger partial charge in [-0.2, -0.15) is 0 Å². The zero-order chi connectivity index (χ0) is 14.1. The monoisotopic (exact) mass is 307 g/mol. The molecule has 2 aromatic heterocycles. The third-order valence-corrected chi connectivity index (χ3v) is 3.78. The number of nitrogens with one attached hydrogen (secondary N) is 1. The fourth-order valence-corrected chi connectivity index (χ4v) is 2.87. The first-order valence-electron chi connectivity index (χ1n) is 5.75. The quantitative estimate of drug-likeness (QED) is 0.807. The second-order valence-corrected chi connectivity index (χ2v) is 5.22. The first-order valence-corrected chi connectivity index (χ1v) is 7.01. The molecule has 0 fully saturated rings. The maximum Gasteiger partial charge on any atom is 0.275 e. The molecule has 0 bridgehead atoms. The van der Waals surface area contributed by atoms with Crippen molar-refractivity contribution in [3.8, 4) is 5.75 Å². The van der Waals surface area contributed by atoms with Gasteiger partial charge in [-0.3, -0.25) is 9.20 Å². The van der Waals surface area contributed by atoms with Crippen LogP contribution in [-0.2, 0) is 0 Å². The average Bonchev–Trinajstić information content (AvgIpc) is 2.98. The summed E-state index contributed by atoms with van der Waals surface area (Å²) < 4.78 is 6.78. The number of aromatic nitrogens is 2. The molecule has 0 unspecified atom stereocenters. The Bertz CT molecular complexity index is 781. The first kappa shape index (κ1) is 13.0. The Kier molecular flexibility index (Phi) is 3.33. The zero-order valence-electron chi connectivity index (χ0n) is 10.5. The molecule has 2 heterocycles. The summed E-state index contributed by atoms with van der Waals surface area (Å²) in [6, 6.07) is 7.11. The van der Waals surface area contributed by atoms with Gasteiger partial charge < -0.3 is 10.1 Å². The van der Waals surface area contributed by atoms with Crippen LogP contribution < -0.4 is 10.1 Å². The number of hydrogen-bond donors (Lipinski definition) is 1. The van der Waals surface area contributed by atoms with Crippen molar-refractivity contribution in [3.05, 3.63) is 46.7 Å². The number of carbonyl (C=O) groups is 1. The van der Waals surface area contributed by atoms with E-state index < -0.39 is 0 Å². The van der Waals surface area contributed by atoms with E-state index in [1.807, 2.05) is 5.38 Å². The molecule has 0 spiro atoms. The van der Waals surface area contributed by atoms with E-state index in [1.54, 1.807) is 42.0 Å². The lowest BCUT2D eigenvalue weighted by Gasteiger charge is -2.06. The molecule has 5 nitrogen and oxygen atoms in total. The summed E-state index contributed by atoms with van der Waals surface area (Å²) >= 11 is 7.44. The van der Waals surface area contributed by atoms with Crippen LogP contribution in [0.2, 0.25) is 5.15 Å². The van der Waals surface area contributed by atoms with Gasteiger partial charge in [-0.05, 0) is 12.1 Å². The van der Waals surface area contributed by atoms with Crippen molar-refractivity contribution >= 4 is 39.5 Å². The average molecular weight is 308 g/mol. The molecular formula is C13H10ClN3O2S. The minimum atomic E-state index is -0.311. The lowest BCUT2D eigenvalue weighted by molar-refractivity contribution is 0.102. The van der Waals surface area contributed by atoms with Crippen molar-refractivity contribution in [2.75, 3.05) is 12.4 Å². The minimum absolute atomic E-state index is 0.192. The van der Waals surface area contributed by atoms with Crippen LogP contribution in [0.5, 0.6) is 5.75 Å². The van der Waals surface area contributed by atoms with Crippen LogP contribution in [-0.4, -0.2) is 22.4 Å². The summed E-state index contributed by atoms with van der Waals surface area (Å²) in [5.41, 5.74) is 0.960. The number of amides is 1. The molecular weight excluding hydrogens is 298 g/mol. The van der Waals surface area contributed by atoms with Gasteiger partial charge in [-0.15, -0.1) is 11.3 Å². The highest BCUT2D eigenvalue weighted by molar-refractivity contribution is 7.15. The fourth-order valence-electron chi connectivity index (χ4n) is 1.85. The molecule has 7 heteroatoms. The molecule has 102 valence electrons. The van der Waals surface area contributed by atoms with Crippen LogP contribution in [0.15, 0.2) is 35.8 Å². The summed E-state index contributed by atoms with van der Waals surface area (Å²) in [6.45, 7) is 0. The highest BCUT2D eigenvalue weighted by atomic mass is 35.5. The molecule has 0 aliphatic heterocycles. The summed E-state index contributed by atoms with van der Waals surface area (Å²) in [5.74, 6) is 0.358. The number of rotatable bonds is 3. The standard InChI is InChI=1S/C13H10ClN3O2S/c1-19-9-4-2-3-8(7-9)15-12(18)10-11(14)16-13-17(10)5-6-20-13/h2-7H,1H3,(H,15,18). The van der Waals surface area contributed by atoms with Crippen LogP contribution in [0.4, 0.5) is 5.69 Å². The summed E-state index contributed by atoms with van der Waals surface area (Å²) in [6.07, 6.45) is 1.76. The van der Waals surface area contributed by atoms with E-state index in [2.05, 4.69) is 10.3 Å². The molecule has 1 N–H and O–H groups in total. The number of thiazole rings is 1. The molecule has 0 saturated heterocycles. The Morgan fingerprint density at radius 2 is 2.35 bits per heavy atom. The Hall–Kier alpha value is -2.05. The SMILES string of the molecule is COc1cccc(NC(=O)c2c(Cl)nc3sccn23)c1. The Morgan fingerprint density at radius 3 is 3.15 bits per heavy atom. The number of carbonyl (C=O) groups excluding carboxylic acids is 1. The number of fused-ring (bicyclic) bond motifs is 1. The Morgan fingerprint density at radius 1 is 1.50 bits per heavy atom. The van der Waals surface area contributed by atoms with Crippen molar-refractivity contribution in [1.29, 1.82) is 0 Å². The minimum Gasteiger partial charge on any atom is -0.497 e. The third kappa shape index (κ3) is 2.23. The van der Waals surface area contributed by atoms with Gasteiger partial charge in [-0.1, -0.05) is 17.7 Å². The van der Waals surface area contributed by atoms with Gasteiger partial charge in [0.2, 0.25) is 0 Å². The van der Waals surface area contributed by atoms with E-state index in [1.165, 1.54) is 11.3 Å². The zero-order valence-corrected chi connectivity index (χ0v) is 12.0. The largest absolute Gasteiger partial charge is 0.497 e. The highest BCUT2D eigenvalue weighted by Gasteiger charge is 2.18. The number of benzene rings is 1. The number of imidazole rings is 1. The van der Waals surface area contributed by atoms with E-state index in [-0.39, 0.29) is 11.1 Å². The van der Waals surface area contributed by atoms with Gasteiger partial charge in [0, 0.05) is 23.3 Å². The van der Waals surface area contributed by atoms with Crippen LogP contribution in [0.1, 0.15) is 10.5 Å². The Labute approximate surface area is 123 Å². The van der Waals surface area contributed by atoms with Crippen LogP contribution in [0.25, 0.3) is 4.96 Å². The summed E-state index contributed by atoms with van der Waals surface area (Å²) in [5, 5.41) is 4.82. The first-order chi connectivity index (χ1) is 9.69. The van der Waals surface area contributed by atoms with Gasteiger partial charge in [0.15, 0.2) is 15.8 Å². The van der Waals surface area contributed by atoms with E-state index >= 15 is 0 Å². The molecule has 20 heavy (non-hydrogen) atoms. The van der Waals surface area contributed by atoms with Crippen molar-refractivity contribution in [2.24, 2.45) is 0 Å². The molecule has 1 aromatic carbocycles. The van der Waals surface area contributed by atoms with Crippen molar-refractivity contribution in [2.45, 2.75) is 0 Å². The predicted molar refractivity (Wildman–Crippen MR) is 79.0 cm³/mol. The number of methoxy groups -OCH3 is 1. The molecule has 0 atom stereocenters. The molecule has 1 amide bonds. The van der Waals surface area contributed by atoms with Crippen molar-refractivity contribution in [3.63, 3.8) is 0 Å². The number of halogens is 1. The van der Waals surface area contributed by atoms with Crippen LogP contribution in [0.3, 0.4) is 0 Å². The van der Waals surface area contributed by atoms with E-state index in [4.69, 9.17) is 16.3 Å². The third-order valence-electron chi connectivity index (χ3n) is 2.76. The van der Waals surface area contributed by atoms with Crippen LogP contribution >= 0.6 is 22.9 Å². The molecule has 3 aromatic rings. The number of nitrogens with zero attached hydrogens (tertiary/aromatic N) is 2. The van der Waals surface area contributed by atoms with Crippen LogP contribution in [0, 0.1) is 0 Å². The van der Waals surface area contributed by atoms with E-state index in [0.717, 1.165) is 0 Å². The predicted octanol–water partition coefficient (Wildman–Crippen LogP) is 3.31. The van der Waals surface area contributed by atoms with Gasteiger partial charge >= 0.3 is 0 Å². The molecule has 0 radical (unpaired) electrons. The number of anilines is 1. The van der Waals surface area contributed by atoms with Gasteiger partial charge in [0.25, 0.3) is 5.91 Å². The van der Waals surface area contributed by atoms with E-state index in [0.29, 0.717) is 22.1 Å². The molecule has 0 aliphatic rings. The molecule has 3 rings (SSSR count). The molecule has 0 aliphatic carbocycles. The van der Waals surface area contributed by atoms with Gasteiger partial charge in [0.05, 0.1) is 7.11 Å². The lowest BCUT2D eigenvalue weighted by Crippen LogP contribution is -2.14. The summed E-state index contributed by atoms with van der Waals surface area (Å²) in [4.78, 5) is 17.1. The lowest BCUT2D eigenvalue weighted by atomic mass is 10.3. The second-order valence-electron chi connectivity index (χ2n) is 3.99. The van der Waals surface area contributed by atoms with Gasteiger partial charge in [-0.25, -0.2) is 4.98 Å². The topological polar surface area (TPSA) is 55.6 Å². The fraction of sp³-hybridized carbons (Fsp3) is 0.0769. The Balaban J connectivity index is 1.92. The smallest absolute Gasteiger partial charge is 0.275 e. The summed E-state index contributed by atoms with van der Waals surface area (Å²) in [7, 11) is 1.57. The molecule has 0 saturated carbocycles. The number of ether oxygens (including phenoxy) is 1. The number of hydrogen-bond acceptors (Lipinski definition) is 4. The normalized spacial score (nSPS) is 10.7. The van der Waals surface area contributed by atoms with Crippen molar-refractivity contribution in [1.82, 2.24) is 9.38 Å². The maximum atomic E-state index is 12.3.